The van der Waals surface area contributed by atoms with E-state index in [9.17, 15) is 4.79 Å². The van der Waals surface area contributed by atoms with Crippen molar-refractivity contribution in [1.82, 2.24) is 10.3 Å². The highest BCUT2D eigenvalue weighted by atomic mass is 16.5. The van der Waals surface area contributed by atoms with Crippen molar-refractivity contribution in [2.75, 3.05) is 32.2 Å². The summed E-state index contributed by atoms with van der Waals surface area (Å²) in [5.74, 6) is 0.755. The number of carbonyl (C=O) groups excluding carboxylic acids is 1. The van der Waals surface area contributed by atoms with Crippen LogP contribution in [0, 0.1) is 0 Å². The van der Waals surface area contributed by atoms with E-state index in [1.54, 1.807) is 13.3 Å². The zero-order valence-corrected chi connectivity index (χ0v) is 14.2. The number of hydrogen-bond acceptors (Lipinski definition) is 4. The minimum Gasteiger partial charge on any atom is -0.383 e. The molecule has 0 bridgehead atoms. The molecule has 1 aliphatic carbocycles. The van der Waals surface area contributed by atoms with Gasteiger partial charge in [0.1, 0.15) is 5.82 Å². The monoisotopic (exact) mass is 325 g/mol. The molecule has 5 nitrogen and oxygen atoms in total. The standard InChI is InChI=1S/C19H23N3O2/c1-22(17-9-7-14-5-3-4-6-16(14)17)18-10-8-15(13-21-18)19(23)20-11-12-24-2/h3-6,8,10,13,17H,7,9,11-12H2,1-2H3,(H,20,23). The van der Waals surface area contributed by atoms with Crippen LogP contribution in [0.15, 0.2) is 42.6 Å². The fraction of sp³-hybridized carbons (Fsp3) is 0.368. The van der Waals surface area contributed by atoms with Crippen LogP contribution in [-0.4, -0.2) is 38.2 Å². The van der Waals surface area contributed by atoms with E-state index in [2.05, 4.69) is 46.5 Å². The lowest BCUT2D eigenvalue weighted by Crippen LogP contribution is -2.27. The van der Waals surface area contributed by atoms with Crippen molar-refractivity contribution >= 4 is 11.7 Å². The molecule has 0 spiro atoms. The Morgan fingerprint density at radius 1 is 1.33 bits per heavy atom. The Morgan fingerprint density at radius 3 is 2.92 bits per heavy atom. The van der Waals surface area contributed by atoms with Gasteiger partial charge in [-0.1, -0.05) is 24.3 Å². The van der Waals surface area contributed by atoms with Gasteiger partial charge in [0.25, 0.3) is 5.91 Å². The highest BCUT2D eigenvalue weighted by Gasteiger charge is 2.26. The lowest BCUT2D eigenvalue weighted by molar-refractivity contribution is 0.0937. The van der Waals surface area contributed by atoms with E-state index in [-0.39, 0.29) is 5.91 Å². The van der Waals surface area contributed by atoms with Gasteiger partial charge in [-0.25, -0.2) is 4.98 Å². The summed E-state index contributed by atoms with van der Waals surface area (Å²) in [6.45, 7) is 0.997. The molecule has 3 rings (SSSR count). The van der Waals surface area contributed by atoms with E-state index in [1.807, 2.05) is 12.1 Å². The Bertz CT molecular complexity index is 700. The lowest BCUT2D eigenvalue weighted by Gasteiger charge is -2.26. The van der Waals surface area contributed by atoms with Gasteiger partial charge in [-0.2, -0.15) is 0 Å². The molecule has 126 valence electrons. The summed E-state index contributed by atoms with van der Waals surface area (Å²) >= 11 is 0. The first-order valence-electron chi connectivity index (χ1n) is 8.24. The van der Waals surface area contributed by atoms with Crippen molar-refractivity contribution in [3.8, 4) is 0 Å². The number of aryl methyl sites for hydroxylation is 1. The Kier molecular flexibility index (Phi) is 5.11. The first-order chi connectivity index (χ1) is 11.7. The highest BCUT2D eigenvalue weighted by Crippen LogP contribution is 2.36. The number of pyridine rings is 1. The number of nitrogens with zero attached hydrogens (tertiary/aromatic N) is 2. The SMILES string of the molecule is COCCNC(=O)c1ccc(N(C)C2CCc3ccccc32)nc1. The number of ether oxygens (including phenoxy) is 1. The number of hydrogen-bond donors (Lipinski definition) is 1. The maximum atomic E-state index is 12.0. The van der Waals surface area contributed by atoms with Crippen LogP contribution in [0.3, 0.4) is 0 Å². The first kappa shape index (κ1) is 16.5. The van der Waals surface area contributed by atoms with Gasteiger partial charge < -0.3 is 15.0 Å². The van der Waals surface area contributed by atoms with E-state index in [4.69, 9.17) is 4.74 Å². The van der Waals surface area contributed by atoms with Gasteiger partial charge in [0.05, 0.1) is 18.2 Å². The van der Waals surface area contributed by atoms with Crippen LogP contribution in [-0.2, 0) is 11.2 Å². The van der Waals surface area contributed by atoms with E-state index >= 15 is 0 Å². The normalized spacial score (nSPS) is 15.8. The van der Waals surface area contributed by atoms with Crippen molar-refractivity contribution in [3.63, 3.8) is 0 Å². The van der Waals surface area contributed by atoms with Crippen molar-refractivity contribution in [1.29, 1.82) is 0 Å². The topological polar surface area (TPSA) is 54.5 Å². The molecule has 2 aromatic rings. The molecule has 24 heavy (non-hydrogen) atoms. The average Bonchev–Trinajstić information content (AvgIpc) is 3.05. The van der Waals surface area contributed by atoms with E-state index in [0.717, 1.165) is 18.7 Å². The number of nitrogens with one attached hydrogen (secondary N) is 1. The molecular weight excluding hydrogens is 302 g/mol. The number of amides is 1. The molecule has 0 saturated carbocycles. The van der Waals surface area contributed by atoms with Crippen molar-refractivity contribution in [2.24, 2.45) is 0 Å². The Hall–Kier alpha value is -2.40. The van der Waals surface area contributed by atoms with E-state index < -0.39 is 0 Å². The molecule has 1 aliphatic rings. The Morgan fingerprint density at radius 2 is 2.17 bits per heavy atom. The Balaban J connectivity index is 1.69. The largest absolute Gasteiger partial charge is 0.383 e. The summed E-state index contributed by atoms with van der Waals surface area (Å²) in [4.78, 5) is 18.7. The zero-order chi connectivity index (χ0) is 16.9. The quantitative estimate of drug-likeness (QED) is 0.830. The van der Waals surface area contributed by atoms with Crippen LogP contribution in [0.5, 0.6) is 0 Å². The summed E-state index contributed by atoms with van der Waals surface area (Å²) in [5.41, 5.74) is 3.36. The third-order valence-corrected chi connectivity index (χ3v) is 4.53. The van der Waals surface area contributed by atoms with Crippen LogP contribution < -0.4 is 10.2 Å². The summed E-state index contributed by atoms with van der Waals surface area (Å²) in [7, 11) is 3.67. The van der Waals surface area contributed by atoms with Gasteiger partial charge in [0, 0.05) is 26.9 Å². The third-order valence-electron chi connectivity index (χ3n) is 4.53. The Labute approximate surface area is 142 Å². The molecule has 1 aromatic carbocycles. The number of aromatic nitrogens is 1. The van der Waals surface area contributed by atoms with E-state index in [0.29, 0.717) is 24.8 Å². The van der Waals surface area contributed by atoms with Crippen LogP contribution in [0.25, 0.3) is 0 Å². The van der Waals surface area contributed by atoms with Crippen LogP contribution in [0.4, 0.5) is 5.82 Å². The average molecular weight is 325 g/mol. The minimum absolute atomic E-state index is 0.125. The second-order valence-electron chi connectivity index (χ2n) is 6.02. The van der Waals surface area contributed by atoms with E-state index in [1.165, 1.54) is 11.1 Å². The zero-order valence-electron chi connectivity index (χ0n) is 14.2. The third kappa shape index (κ3) is 3.41. The number of anilines is 1. The summed E-state index contributed by atoms with van der Waals surface area (Å²) in [5, 5.41) is 2.80. The fourth-order valence-corrected chi connectivity index (χ4v) is 3.19. The van der Waals surface area contributed by atoms with Gasteiger partial charge >= 0.3 is 0 Å². The smallest absolute Gasteiger partial charge is 0.252 e. The molecular formula is C19H23N3O2. The van der Waals surface area contributed by atoms with Gasteiger partial charge in [-0.3, -0.25) is 4.79 Å². The molecule has 0 fully saturated rings. The summed E-state index contributed by atoms with van der Waals surface area (Å²) < 4.78 is 4.93. The minimum atomic E-state index is -0.125. The molecule has 1 atom stereocenters. The van der Waals surface area contributed by atoms with Crippen LogP contribution in [0.1, 0.15) is 33.9 Å². The van der Waals surface area contributed by atoms with Crippen molar-refractivity contribution < 1.29 is 9.53 Å². The number of methoxy groups -OCH3 is 1. The van der Waals surface area contributed by atoms with Gasteiger partial charge in [-0.05, 0) is 36.1 Å². The van der Waals surface area contributed by atoms with Gasteiger partial charge in [-0.15, -0.1) is 0 Å². The summed E-state index contributed by atoms with van der Waals surface area (Å²) in [6, 6.07) is 12.6. The number of carbonyl (C=O) groups is 1. The van der Waals surface area contributed by atoms with Crippen molar-refractivity contribution in [3.05, 3.63) is 59.3 Å². The molecule has 5 heteroatoms. The number of rotatable bonds is 6. The first-order valence-corrected chi connectivity index (χ1v) is 8.24. The van der Waals surface area contributed by atoms with Gasteiger partial charge in [0.15, 0.2) is 0 Å². The lowest BCUT2D eigenvalue weighted by atomic mass is 10.1. The number of benzene rings is 1. The van der Waals surface area contributed by atoms with Gasteiger partial charge in [0.2, 0.25) is 0 Å². The second kappa shape index (κ2) is 7.45. The molecule has 1 aromatic heterocycles. The summed E-state index contributed by atoms with van der Waals surface area (Å²) in [6.07, 6.45) is 3.83. The van der Waals surface area contributed by atoms with Crippen LogP contribution in [0.2, 0.25) is 0 Å². The molecule has 0 saturated heterocycles. The molecule has 1 amide bonds. The maximum Gasteiger partial charge on any atom is 0.252 e. The maximum absolute atomic E-state index is 12.0. The van der Waals surface area contributed by atoms with Crippen LogP contribution >= 0.6 is 0 Å². The highest BCUT2D eigenvalue weighted by molar-refractivity contribution is 5.94. The molecule has 1 heterocycles. The molecule has 1 unspecified atom stereocenters. The molecule has 1 N–H and O–H groups in total. The fourth-order valence-electron chi connectivity index (χ4n) is 3.19. The molecule has 0 aliphatic heterocycles. The predicted octanol–water partition coefficient (Wildman–Crippen LogP) is 2.58. The molecule has 0 radical (unpaired) electrons. The second-order valence-corrected chi connectivity index (χ2v) is 6.02. The van der Waals surface area contributed by atoms with Crippen molar-refractivity contribution in [2.45, 2.75) is 18.9 Å². The number of fused-ring (bicyclic) bond motifs is 1. The predicted molar refractivity (Wildman–Crippen MR) is 94.4 cm³/mol.